The summed E-state index contributed by atoms with van der Waals surface area (Å²) in [5, 5.41) is 3.18. The molecule has 1 atom stereocenters. The zero-order chi connectivity index (χ0) is 19.1. The van der Waals surface area contributed by atoms with E-state index in [-0.39, 0.29) is 5.25 Å². The maximum absolute atomic E-state index is 13.4. The molecule has 1 unspecified atom stereocenters. The van der Waals surface area contributed by atoms with Crippen molar-refractivity contribution >= 4 is 9.84 Å². The highest BCUT2D eigenvalue weighted by Gasteiger charge is 2.30. The number of benzene rings is 1. The summed E-state index contributed by atoms with van der Waals surface area (Å²) in [4.78, 5) is 0.517. The van der Waals surface area contributed by atoms with E-state index in [2.05, 4.69) is 5.32 Å². The van der Waals surface area contributed by atoms with Crippen LogP contribution in [-0.4, -0.2) is 26.8 Å². The minimum atomic E-state index is -3.24. The van der Waals surface area contributed by atoms with Gasteiger partial charge in [-0.3, -0.25) is 0 Å². The van der Waals surface area contributed by atoms with Gasteiger partial charge in [-0.05, 0) is 69.7 Å². The summed E-state index contributed by atoms with van der Waals surface area (Å²) in [5.74, 6) is 1.45. The predicted molar refractivity (Wildman–Crippen MR) is 113 cm³/mol. The van der Waals surface area contributed by atoms with E-state index >= 15 is 0 Å². The normalized spacial score (nSPS) is 20.8. The lowest BCUT2D eigenvalue weighted by atomic mass is 9.91. The molecule has 1 saturated heterocycles. The molecule has 152 valence electrons. The van der Waals surface area contributed by atoms with Gasteiger partial charge in [-0.2, -0.15) is 0 Å². The molecule has 2 aliphatic rings. The van der Waals surface area contributed by atoms with Gasteiger partial charge >= 0.3 is 0 Å². The highest BCUT2D eigenvalue weighted by atomic mass is 32.2. The average Bonchev–Trinajstić information content (AvgIpc) is 3.19. The first-order chi connectivity index (χ1) is 13.1. The van der Waals surface area contributed by atoms with Crippen molar-refractivity contribution in [2.75, 3.05) is 13.1 Å². The second kappa shape index (κ2) is 10.1. The quantitative estimate of drug-likeness (QED) is 0.583. The van der Waals surface area contributed by atoms with Crippen LogP contribution in [0, 0.1) is 18.8 Å². The maximum Gasteiger partial charge on any atom is 0.181 e. The highest BCUT2D eigenvalue weighted by molar-refractivity contribution is 7.92. The number of hydrogen-bond acceptors (Lipinski definition) is 3. The van der Waals surface area contributed by atoms with Crippen molar-refractivity contribution in [1.82, 2.24) is 5.32 Å². The van der Waals surface area contributed by atoms with E-state index in [1.165, 1.54) is 38.5 Å². The van der Waals surface area contributed by atoms with Crippen molar-refractivity contribution in [2.45, 2.75) is 87.7 Å². The molecule has 3 rings (SSSR count). The summed E-state index contributed by atoms with van der Waals surface area (Å²) in [6.45, 7) is 4.07. The van der Waals surface area contributed by atoms with Gasteiger partial charge in [0.2, 0.25) is 0 Å². The lowest BCUT2D eigenvalue weighted by Gasteiger charge is -2.27. The zero-order valence-corrected chi connectivity index (χ0v) is 17.8. The Labute approximate surface area is 166 Å². The molecule has 1 aromatic carbocycles. The topological polar surface area (TPSA) is 46.2 Å². The molecule has 3 nitrogen and oxygen atoms in total. The van der Waals surface area contributed by atoms with Gasteiger partial charge in [-0.15, -0.1) is 0 Å². The van der Waals surface area contributed by atoms with Crippen LogP contribution in [0.3, 0.4) is 0 Å². The number of piperidine rings is 1. The van der Waals surface area contributed by atoms with Crippen molar-refractivity contribution in [2.24, 2.45) is 11.8 Å². The first-order valence-corrected chi connectivity index (χ1v) is 12.6. The van der Waals surface area contributed by atoms with E-state index in [1.807, 2.05) is 19.1 Å². The molecule has 1 aromatic rings. The third-order valence-corrected chi connectivity index (χ3v) is 8.94. The summed E-state index contributed by atoms with van der Waals surface area (Å²) in [7, 11) is -3.24. The van der Waals surface area contributed by atoms with E-state index in [0.717, 1.165) is 56.7 Å². The second-order valence-electron chi connectivity index (χ2n) is 8.84. The second-order valence-corrected chi connectivity index (χ2v) is 11.1. The summed E-state index contributed by atoms with van der Waals surface area (Å²) in [6, 6.07) is 7.46. The van der Waals surface area contributed by atoms with E-state index in [1.54, 1.807) is 12.1 Å². The van der Waals surface area contributed by atoms with Gasteiger partial charge in [0.1, 0.15) is 0 Å². The van der Waals surface area contributed by atoms with E-state index < -0.39 is 9.84 Å². The fourth-order valence-electron chi connectivity index (χ4n) is 4.91. The number of sulfone groups is 1. The lowest BCUT2D eigenvalue weighted by molar-refractivity contribution is 0.340. The van der Waals surface area contributed by atoms with Crippen LogP contribution >= 0.6 is 0 Å². The van der Waals surface area contributed by atoms with Crippen LogP contribution in [0.1, 0.15) is 76.2 Å². The summed E-state index contributed by atoms with van der Waals surface area (Å²) < 4.78 is 26.7. The van der Waals surface area contributed by atoms with Gasteiger partial charge in [0.15, 0.2) is 9.84 Å². The van der Waals surface area contributed by atoms with Crippen LogP contribution in [0.5, 0.6) is 0 Å². The largest absolute Gasteiger partial charge is 0.317 e. The van der Waals surface area contributed by atoms with Crippen LogP contribution in [0.15, 0.2) is 29.2 Å². The number of aryl methyl sites for hydroxylation is 1. The molecule has 0 spiro atoms. The molecule has 1 N–H and O–H groups in total. The Morgan fingerprint density at radius 3 is 2.30 bits per heavy atom. The van der Waals surface area contributed by atoms with Gasteiger partial charge < -0.3 is 5.32 Å². The molecule has 2 fully saturated rings. The fraction of sp³-hybridized carbons (Fsp3) is 0.739. The van der Waals surface area contributed by atoms with Gasteiger partial charge in [-0.25, -0.2) is 8.42 Å². The predicted octanol–water partition coefficient (Wildman–Crippen LogP) is 5.28. The zero-order valence-electron chi connectivity index (χ0n) is 17.0. The van der Waals surface area contributed by atoms with Crippen LogP contribution in [0.25, 0.3) is 0 Å². The molecule has 27 heavy (non-hydrogen) atoms. The van der Waals surface area contributed by atoms with Crippen LogP contribution < -0.4 is 5.32 Å². The molecule has 1 aliphatic carbocycles. The summed E-state index contributed by atoms with van der Waals surface area (Å²) in [6.07, 6.45) is 13.0. The van der Waals surface area contributed by atoms with Crippen LogP contribution in [0.4, 0.5) is 0 Å². The molecule has 1 aliphatic heterocycles. The van der Waals surface area contributed by atoms with Crippen LogP contribution in [-0.2, 0) is 9.84 Å². The number of nitrogens with one attached hydrogen (secondary N) is 1. The Morgan fingerprint density at radius 1 is 0.963 bits per heavy atom. The molecular formula is C23H37NO2S. The molecule has 1 saturated carbocycles. The van der Waals surface area contributed by atoms with Gasteiger partial charge in [-0.1, -0.05) is 62.6 Å². The Bertz CT molecular complexity index is 656. The van der Waals surface area contributed by atoms with E-state index in [9.17, 15) is 8.42 Å². The van der Waals surface area contributed by atoms with Crippen LogP contribution in [0.2, 0.25) is 0 Å². The number of unbranched alkanes of at least 4 members (excludes halogenated alkanes) is 1. The average molecular weight is 392 g/mol. The van der Waals surface area contributed by atoms with Gasteiger partial charge in [0, 0.05) is 0 Å². The Hall–Kier alpha value is -0.870. The molecular weight excluding hydrogens is 354 g/mol. The lowest BCUT2D eigenvalue weighted by Crippen LogP contribution is -2.32. The molecule has 4 heteroatoms. The van der Waals surface area contributed by atoms with Crippen molar-refractivity contribution < 1.29 is 8.42 Å². The smallest absolute Gasteiger partial charge is 0.181 e. The standard InChI is InChI=1S/C23H37NO2S/c1-19-10-12-22(13-11-19)27(25,26)23(18-21-14-16-24-17-15-21)9-5-4-8-20-6-2-3-7-20/h10-13,20-21,23-24H,2-9,14-18H2,1H3. The van der Waals surface area contributed by atoms with E-state index in [0.29, 0.717) is 10.8 Å². The Morgan fingerprint density at radius 2 is 1.63 bits per heavy atom. The first kappa shape index (κ1) is 20.9. The number of rotatable bonds is 9. The van der Waals surface area contributed by atoms with E-state index in [4.69, 9.17) is 0 Å². The third kappa shape index (κ3) is 6.05. The Kier molecular flexibility index (Phi) is 7.77. The summed E-state index contributed by atoms with van der Waals surface area (Å²) in [5.41, 5.74) is 1.11. The highest BCUT2D eigenvalue weighted by Crippen LogP contribution is 2.32. The fourth-order valence-corrected chi connectivity index (χ4v) is 6.82. The molecule has 0 amide bonds. The molecule has 0 bridgehead atoms. The SMILES string of the molecule is Cc1ccc(S(=O)(=O)C(CCCCC2CCCC2)CC2CCNCC2)cc1. The van der Waals surface area contributed by atoms with Crippen molar-refractivity contribution in [1.29, 1.82) is 0 Å². The monoisotopic (exact) mass is 391 g/mol. The molecule has 0 aromatic heterocycles. The summed E-state index contributed by atoms with van der Waals surface area (Å²) >= 11 is 0. The number of hydrogen-bond donors (Lipinski definition) is 1. The van der Waals surface area contributed by atoms with Crippen molar-refractivity contribution in [3.8, 4) is 0 Å². The van der Waals surface area contributed by atoms with Gasteiger partial charge in [0.05, 0.1) is 10.1 Å². The molecule has 0 radical (unpaired) electrons. The Balaban J connectivity index is 1.63. The molecule has 1 heterocycles. The maximum atomic E-state index is 13.4. The van der Waals surface area contributed by atoms with Crippen molar-refractivity contribution in [3.63, 3.8) is 0 Å². The van der Waals surface area contributed by atoms with Gasteiger partial charge in [0.25, 0.3) is 0 Å². The third-order valence-electron chi connectivity index (χ3n) is 6.71. The first-order valence-electron chi connectivity index (χ1n) is 11.1. The minimum Gasteiger partial charge on any atom is -0.317 e. The van der Waals surface area contributed by atoms with Crippen molar-refractivity contribution in [3.05, 3.63) is 29.8 Å². The minimum absolute atomic E-state index is 0.216.